The highest BCUT2D eigenvalue weighted by Gasteiger charge is 2.15. The molecule has 2 rings (SSSR count). The summed E-state index contributed by atoms with van der Waals surface area (Å²) in [6.45, 7) is 15.0. The van der Waals surface area contributed by atoms with Crippen molar-refractivity contribution >= 4 is 16.9 Å². The van der Waals surface area contributed by atoms with Crippen LogP contribution in [0.25, 0.3) is 11.0 Å². The molecule has 0 aliphatic rings. The average Bonchev–Trinajstić information content (AvgIpc) is 3.14. The molecule has 2 aromatic heterocycles. The normalized spacial score (nSPS) is 11.8. The van der Waals surface area contributed by atoms with E-state index in [1.807, 2.05) is 22.5 Å². The van der Waals surface area contributed by atoms with Crippen LogP contribution in [-0.4, -0.2) is 56.5 Å². The standard InChI is InChI=1S/C18H32N6O/c1-6-22(7-2)11-8-10-19-17(25)9-12-23-18-15(5)21-24(14(3)4)16(18)13-20-23/h13-14H,6-12H2,1-5H3,(H,19,25). The number of nitrogens with zero attached hydrogens (tertiary/aromatic N) is 5. The first-order valence-corrected chi connectivity index (χ1v) is 9.37. The summed E-state index contributed by atoms with van der Waals surface area (Å²) in [4.78, 5) is 14.4. The average molecular weight is 348 g/mol. The van der Waals surface area contributed by atoms with Gasteiger partial charge in [-0.15, -0.1) is 0 Å². The van der Waals surface area contributed by atoms with E-state index in [-0.39, 0.29) is 5.91 Å². The van der Waals surface area contributed by atoms with Gasteiger partial charge in [-0.2, -0.15) is 10.2 Å². The number of carbonyl (C=O) groups excluding carboxylic acids is 1. The van der Waals surface area contributed by atoms with E-state index in [0.717, 1.165) is 49.3 Å². The Bertz CT molecular complexity index is 683. The topological polar surface area (TPSA) is 68.0 Å². The van der Waals surface area contributed by atoms with E-state index < -0.39 is 0 Å². The summed E-state index contributed by atoms with van der Waals surface area (Å²) in [5.41, 5.74) is 3.02. The number of nitrogens with one attached hydrogen (secondary N) is 1. The molecule has 0 radical (unpaired) electrons. The molecule has 25 heavy (non-hydrogen) atoms. The molecular formula is C18H32N6O. The highest BCUT2D eigenvalue weighted by molar-refractivity contribution is 5.78. The molecule has 7 nitrogen and oxygen atoms in total. The van der Waals surface area contributed by atoms with Crippen LogP contribution < -0.4 is 5.32 Å². The van der Waals surface area contributed by atoms with Gasteiger partial charge in [0.25, 0.3) is 0 Å². The maximum absolute atomic E-state index is 12.1. The molecule has 1 N–H and O–H groups in total. The Kier molecular flexibility index (Phi) is 6.99. The van der Waals surface area contributed by atoms with E-state index in [0.29, 0.717) is 19.0 Å². The number of hydrogen-bond acceptors (Lipinski definition) is 4. The third-order valence-electron chi connectivity index (χ3n) is 4.57. The number of rotatable bonds is 10. The van der Waals surface area contributed by atoms with Gasteiger partial charge in [-0.3, -0.25) is 14.2 Å². The second kappa shape index (κ2) is 8.99. The van der Waals surface area contributed by atoms with Gasteiger partial charge < -0.3 is 10.2 Å². The Balaban J connectivity index is 1.83. The maximum atomic E-state index is 12.1. The van der Waals surface area contributed by atoms with E-state index in [4.69, 9.17) is 0 Å². The van der Waals surface area contributed by atoms with E-state index in [2.05, 4.69) is 48.1 Å². The highest BCUT2D eigenvalue weighted by atomic mass is 16.1. The number of amides is 1. The first-order valence-electron chi connectivity index (χ1n) is 9.37. The van der Waals surface area contributed by atoms with Gasteiger partial charge in [0.05, 0.1) is 18.4 Å². The monoisotopic (exact) mass is 348 g/mol. The zero-order chi connectivity index (χ0) is 18.4. The number of hydrogen-bond donors (Lipinski definition) is 1. The van der Waals surface area contributed by atoms with Crippen molar-refractivity contribution in [1.82, 2.24) is 29.8 Å². The number of carbonyl (C=O) groups is 1. The fraction of sp³-hybridized carbons (Fsp3) is 0.722. The summed E-state index contributed by atoms with van der Waals surface area (Å²) < 4.78 is 3.88. The predicted octanol–water partition coefficient (Wildman–Crippen LogP) is 2.36. The molecule has 7 heteroatoms. The van der Waals surface area contributed by atoms with Crippen molar-refractivity contribution in [2.24, 2.45) is 0 Å². The van der Waals surface area contributed by atoms with Gasteiger partial charge >= 0.3 is 0 Å². The Morgan fingerprint density at radius 2 is 2.04 bits per heavy atom. The smallest absolute Gasteiger partial charge is 0.221 e. The number of aromatic nitrogens is 4. The van der Waals surface area contributed by atoms with Crippen molar-refractivity contribution in [2.45, 2.75) is 60.0 Å². The Morgan fingerprint density at radius 3 is 2.68 bits per heavy atom. The highest BCUT2D eigenvalue weighted by Crippen LogP contribution is 2.21. The Labute approximate surface area is 150 Å². The molecule has 0 saturated carbocycles. The fourth-order valence-corrected chi connectivity index (χ4v) is 3.11. The molecular weight excluding hydrogens is 316 g/mol. The lowest BCUT2D eigenvalue weighted by Gasteiger charge is -2.17. The van der Waals surface area contributed by atoms with Crippen molar-refractivity contribution in [1.29, 1.82) is 0 Å². The maximum Gasteiger partial charge on any atom is 0.221 e. The molecule has 0 saturated heterocycles. The van der Waals surface area contributed by atoms with E-state index in [1.54, 1.807) is 0 Å². The molecule has 2 heterocycles. The van der Waals surface area contributed by atoms with Crippen LogP contribution in [0.2, 0.25) is 0 Å². The summed E-state index contributed by atoms with van der Waals surface area (Å²) >= 11 is 0. The molecule has 0 aliphatic heterocycles. The van der Waals surface area contributed by atoms with Gasteiger partial charge in [0, 0.05) is 19.0 Å². The molecule has 0 fully saturated rings. The van der Waals surface area contributed by atoms with Gasteiger partial charge in [0.15, 0.2) is 0 Å². The van der Waals surface area contributed by atoms with Crippen LogP contribution in [0.15, 0.2) is 6.20 Å². The van der Waals surface area contributed by atoms with Crippen LogP contribution in [0.5, 0.6) is 0 Å². The van der Waals surface area contributed by atoms with Gasteiger partial charge in [0.1, 0.15) is 11.0 Å². The molecule has 0 atom stereocenters. The predicted molar refractivity (Wildman–Crippen MR) is 101 cm³/mol. The lowest BCUT2D eigenvalue weighted by molar-refractivity contribution is -0.121. The van der Waals surface area contributed by atoms with Crippen molar-refractivity contribution < 1.29 is 4.79 Å². The molecule has 0 spiro atoms. The lowest BCUT2D eigenvalue weighted by Crippen LogP contribution is -2.30. The van der Waals surface area contributed by atoms with Gasteiger partial charge in [-0.1, -0.05) is 13.8 Å². The summed E-state index contributed by atoms with van der Waals surface area (Å²) in [5.74, 6) is 0.0806. The van der Waals surface area contributed by atoms with Crippen molar-refractivity contribution in [3.05, 3.63) is 11.9 Å². The van der Waals surface area contributed by atoms with Gasteiger partial charge in [0.2, 0.25) is 5.91 Å². The first kappa shape index (κ1) is 19.4. The van der Waals surface area contributed by atoms with E-state index in [9.17, 15) is 4.79 Å². The number of aryl methyl sites for hydroxylation is 2. The second-order valence-electron chi connectivity index (χ2n) is 6.71. The summed E-state index contributed by atoms with van der Waals surface area (Å²) in [7, 11) is 0. The molecule has 140 valence electrons. The second-order valence-corrected chi connectivity index (χ2v) is 6.71. The van der Waals surface area contributed by atoms with Gasteiger partial charge in [-0.05, 0) is 46.8 Å². The minimum Gasteiger partial charge on any atom is -0.356 e. The van der Waals surface area contributed by atoms with Gasteiger partial charge in [-0.25, -0.2) is 0 Å². The van der Waals surface area contributed by atoms with E-state index in [1.165, 1.54) is 0 Å². The van der Waals surface area contributed by atoms with E-state index >= 15 is 0 Å². The Hall–Kier alpha value is -1.89. The van der Waals surface area contributed by atoms with Crippen LogP contribution in [0.4, 0.5) is 0 Å². The van der Waals surface area contributed by atoms with Crippen LogP contribution in [0.1, 0.15) is 52.3 Å². The summed E-state index contributed by atoms with van der Waals surface area (Å²) in [6.07, 6.45) is 3.27. The molecule has 0 bridgehead atoms. The molecule has 2 aromatic rings. The minimum absolute atomic E-state index is 0.0806. The molecule has 0 unspecified atom stereocenters. The minimum atomic E-state index is 0.0806. The lowest BCUT2D eigenvalue weighted by atomic mass is 10.3. The summed E-state index contributed by atoms with van der Waals surface area (Å²) in [6, 6.07) is 0.294. The molecule has 0 aromatic carbocycles. The zero-order valence-electron chi connectivity index (χ0n) is 16.2. The molecule has 0 aliphatic carbocycles. The SMILES string of the molecule is CCN(CC)CCCNC(=O)CCn1ncc2c1c(C)nn2C(C)C. The quantitative estimate of drug-likeness (QED) is 0.669. The molecule has 1 amide bonds. The fourth-order valence-electron chi connectivity index (χ4n) is 3.11. The zero-order valence-corrected chi connectivity index (χ0v) is 16.2. The first-order chi connectivity index (χ1) is 12.0. The third-order valence-corrected chi connectivity index (χ3v) is 4.57. The van der Waals surface area contributed by atoms with Crippen molar-refractivity contribution in [2.75, 3.05) is 26.2 Å². The summed E-state index contributed by atoms with van der Waals surface area (Å²) in [5, 5.41) is 12.0. The van der Waals surface area contributed by atoms with Crippen LogP contribution in [0.3, 0.4) is 0 Å². The van der Waals surface area contributed by atoms with Crippen LogP contribution in [0, 0.1) is 6.92 Å². The van der Waals surface area contributed by atoms with Crippen LogP contribution in [-0.2, 0) is 11.3 Å². The number of fused-ring (bicyclic) bond motifs is 1. The third kappa shape index (κ3) is 4.81. The van der Waals surface area contributed by atoms with Crippen molar-refractivity contribution in [3.63, 3.8) is 0 Å². The van der Waals surface area contributed by atoms with Crippen LogP contribution >= 0.6 is 0 Å². The Morgan fingerprint density at radius 1 is 1.32 bits per heavy atom. The largest absolute Gasteiger partial charge is 0.356 e. The van der Waals surface area contributed by atoms with Crippen molar-refractivity contribution in [3.8, 4) is 0 Å².